The normalized spacial score (nSPS) is 12.3. The quantitative estimate of drug-likeness (QED) is 0.702. The van der Waals surface area contributed by atoms with Crippen molar-refractivity contribution < 1.29 is 0 Å². The third kappa shape index (κ3) is 2.55. The molecule has 1 atom stereocenters. The Hall–Kier alpha value is -2.55. The molecule has 3 nitrogen and oxygen atoms in total. The van der Waals surface area contributed by atoms with Gasteiger partial charge in [0.05, 0.1) is 11.2 Å². The zero-order valence-electron chi connectivity index (χ0n) is 12.3. The molecule has 3 aromatic rings. The van der Waals surface area contributed by atoms with Gasteiger partial charge in [0.25, 0.3) is 0 Å². The van der Waals surface area contributed by atoms with Crippen LogP contribution in [-0.2, 0) is 0 Å². The fraction of sp³-hybridized carbons (Fsp3) is 0.167. The second-order valence-electron chi connectivity index (χ2n) is 5.32. The maximum Gasteiger partial charge on any atom is 0.0951 e. The van der Waals surface area contributed by atoms with Crippen molar-refractivity contribution in [1.82, 2.24) is 4.98 Å². The second kappa shape index (κ2) is 5.44. The standard InChI is InChI=1S/C18H19N3/c1-12-6-3-4-7-14(12)13(2)21-17-10-11-20-18-15(17)8-5-9-16(18)19/h3-11,13H,19H2,1-2H3,(H,20,21). The number of nitrogen functional groups attached to an aromatic ring is 1. The number of benzene rings is 2. The van der Waals surface area contributed by atoms with E-state index in [4.69, 9.17) is 5.73 Å². The molecule has 1 heterocycles. The molecule has 0 bridgehead atoms. The van der Waals surface area contributed by atoms with E-state index in [9.17, 15) is 0 Å². The molecule has 0 radical (unpaired) electrons. The Balaban J connectivity index is 1.99. The molecule has 3 N–H and O–H groups in total. The lowest BCUT2D eigenvalue weighted by atomic mass is 10.0. The Kier molecular flexibility index (Phi) is 3.48. The molecule has 0 saturated heterocycles. The van der Waals surface area contributed by atoms with E-state index in [1.807, 2.05) is 24.3 Å². The molecular weight excluding hydrogens is 258 g/mol. The molecule has 0 aliphatic carbocycles. The van der Waals surface area contributed by atoms with Gasteiger partial charge in [-0.15, -0.1) is 0 Å². The van der Waals surface area contributed by atoms with E-state index in [2.05, 4.69) is 48.4 Å². The lowest BCUT2D eigenvalue weighted by Crippen LogP contribution is -2.08. The summed E-state index contributed by atoms with van der Waals surface area (Å²) in [6.45, 7) is 4.30. The zero-order valence-corrected chi connectivity index (χ0v) is 12.3. The van der Waals surface area contributed by atoms with E-state index < -0.39 is 0 Å². The largest absolute Gasteiger partial charge is 0.397 e. The van der Waals surface area contributed by atoms with Crippen molar-refractivity contribution in [1.29, 1.82) is 0 Å². The highest BCUT2D eigenvalue weighted by Gasteiger charge is 2.10. The van der Waals surface area contributed by atoms with Gasteiger partial charge in [-0.2, -0.15) is 0 Å². The number of nitrogens with zero attached hydrogens (tertiary/aromatic N) is 1. The summed E-state index contributed by atoms with van der Waals surface area (Å²) in [7, 11) is 0. The van der Waals surface area contributed by atoms with Crippen LogP contribution >= 0.6 is 0 Å². The van der Waals surface area contributed by atoms with Crippen LogP contribution in [0.2, 0.25) is 0 Å². The second-order valence-corrected chi connectivity index (χ2v) is 5.32. The fourth-order valence-electron chi connectivity index (χ4n) is 2.71. The number of fused-ring (bicyclic) bond motifs is 1. The number of aromatic nitrogens is 1. The maximum absolute atomic E-state index is 6.00. The van der Waals surface area contributed by atoms with Crippen LogP contribution < -0.4 is 11.1 Å². The van der Waals surface area contributed by atoms with Crippen molar-refractivity contribution >= 4 is 22.3 Å². The highest BCUT2D eigenvalue weighted by molar-refractivity contribution is 5.97. The van der Waals surface area contributed by atoms with E-state index in [1.54, 1.807) is 6.20 Å². The fourth-order valence-corrected chi connectivity index (χ4v) is 2.71. The molecular formula is C18H19N3. The molecule has 1 aromatic heterocycles. The monoisotopic (exact) mass is 277 g/mol. The van der Waals surface area contributed by atoms with E-state index in [0.29, 0.717) is 5.69 Å². The SMILES string of the molecule is Cc1ccccc1C(C)Nc1ccnc2c(N)cccc12. The minimum atomic E-state index is 0.221. The van der Waals surface area contributed by atoms with Gasteiger partial charge < -0.3 is 11.1 Å². The highest BCUT2D eigenvalue weighted by atomic mass is 14.9. The van der Waals surface area contributed by atoms with Gasteiger partial charge in [-0.1, -0.05) is 36.4 Å². The van der Waals surface area contributed by atoms with Crippen LogP contribution in [-0.4, -0.2) is 4.98 Å². The van der Waals surface area contributed by atoms with Crippen LogP contribution in [0.25, 0.3) is 10.9 Å². The van der Waals surface area contributed by atoms with Crippen LogP contribution in [0.1, 0.15) is 24.1 Å². The van der Waals surface area contributed by atoms with Gasteiger partial charge in [0, 0.05) is 23.3 Å². The number of nitrogens with one attached hydrogen (secondary N) is 1. The maximum atomic E-state index is 6.00. The molecule has 1 unspecified atom stereocenters. The van der Waals surface area contributed by atoms with Crippen LogP contribution in [0.15, 0.2) is 54.7 Å². The van der Waals surface area contributed by atoms with Gasteiger partial charge in [-0.25, -0.2) is 0 Å². The summed E-state index contributed by atoms with van der Waals surface area (Å²) in [5.74, 6) is 0. The van der Waals surface area contributed by atoms with Gasteiger partial charge in [0.2, 0.25) is 0 Å². The van der Waals surface area contributed by atoms with E-state index >= 15 is 0 Å². The van der Waals surface area contributed by atoms with E-state index in [-0.39, 0.29) is 6.04 Å². The predicted molar refractivity (Wildman–Crippen MR) is 89.4 cm³/mol. The van der Waals surface area contributed by atoms with Crippen LogP contribution in [0.4, 0.5) is 11.4 Å². The highest BCUT2D eigenvalue weighted by Crippen LogP contribution is 2.29. The minimum Gasteiger partial charge on any atom is -0.397 e. The summed E-state index contributed by atoms with van der Waals surface area (Å²) in [5, 5.41) is 4.63. The van der Waals surface area contributed by atoms with Crippen molar-refractivity contribution in [3.05, 3.63) is 65.9 Å². The van der Waals surface area contributed by atoms with Gasteiger partial charge in [0.15, 0.2) is 0 Å². The van der Waals surface area contributed by atoms with Crippen molar-refractivity contribution in [2.24, 2.45) is 0 Å². The number of para-hydroxylation sites is 1. The first-order valence-corrected chi connectivity index (χ1v) is 7.12. The van der Waals surface area contributed by atoms with Crippen molar-refractivity contribution in [3.63, 3.8) is 0 Å². The number of aryl methyl sites for hydroxylation is 1. The molecule has 3 heteroatoms. The van der Waals surface area contributed by atoms with Gasteiger partial charge >= 0.3 is 0 Å². The Morgan fingerprint density at radius 3 is 2.67 bits per heavy atom. The Morgan fingerprint density at radius 2 is 1.86 bits per heavy atom. The third-order valence-electron chi connectivity index (χ3n) is 3.83. The minimum absolute atomic E-state index is 0.221. The summed E-state index contributed by atoms with van der Waals surface area (Å²) >= 11 is 0. The first-order chi connectivity index (χ1) is 10.2. The number of hydrogen-bond acceptors (Lipinski definition) is 3. The first-order valence-electron chi connectivity index (χ1n) is 7.12. The van der Waals surface area contributed by atoms with Crippen molar-refractivity contribution in [2.45, 2.75) is 19.9 Å². The zero-order chi connectivity index (χ0) is 14.8. The third-order valence-corrected chi connectivity index (χ3v) is 3.83. The summed E-state index contributed by atoms with van der Waals surface area (Å²) in [4.78, 5) is 4.37. The average molecular weight is 277 g/mol. The van der Waals surface area contributed by atoms with E-state index in [1.165, 1.54) is 11.1 Å². The Bertz CT molecular complexity index is 780. The van der Waals surface area contributed by atoms with E-state index in [0.717, 1.165) is 16.6 Å². The number of pyridine rings is 1. The summed E-state index contributed by atoms with van der Waals surface area (Å²) < 4.78 is 0. The number of hydrogen-bond donors (Lipinski definition) is 2. The smallest absolute Gasteiger partial charge is 0.0951 e. The van der Waals surface area contributed by atoms with Gasteiger partial charge in [0.1, 0.15) is 0 Å². The Labute approximate surface area is 124 Å². The molecule has 0 spiro atoms. The predicted octanol–water partition coefficient (Wildman–Crippen LogP) is 4.30. The molecule has 0 amide bonds. The lowest BCUT2D eigenvalue weighted by Gasteiger charge is -2.19. The molecule has 0 saturated carbocycles. The first kappa shape index (κ1) is 13.4. The summed E-state index contributed by atoms with van der Waals surface area (Å²) in [5.41, 5.74) is 11.2. The molecule has 0 aliphatic rings. The molecule has 3 rings (SSSR count). The number of rotatable bonds is 3. The summed E-state index contributed by atoms with van der Waals surface area (Å²) in [6.07, 6.45) is 1.80. The molecule has 106 valence electrons. The van der Waals surface area contributed by atoms with Crippen molar-refractivity contribution in [3.8, 4) is 0 Å². The molecule has 2 aromatic carbocycles. The number of nitrogens with two attached hydrogens (primary N) is 1. The lowest BCUT2D eigenvalue weighted by molar-refractivity contribution is 0.876. The molecule has 0 aliphatic heterocycles. The molecule has 0 fully saturated rings. The Morgan fingerprint density at radius 1 is 1.05 bits per heavy atom. The average Bonchev–Trinajstić information content (AvgIpc) is 2.49. The van der Waals surface area contributed by atoms with Gasteiger partial charge in [-0.05, 0) is 37.1 Å². The summed E-state index contributed by atoms with van der Waals surface area (Å²) in [6, 6.07) is 16.5. The van der Waals surface area contributed by atoms with Crippen LogP contribution in [0, 0.1) is 6.92 Å². The topological polar surface area (TPSA) is 50.9 Å². The van der Waals surface area contributed by atoms with Crippen LogP contribution in [0.5, 0.6) is 0 Å². The van der Waals surface area contributed by atoms with Crippen molar-refractivity contribution in [2.75, 3.05) is 11.1 Å². The number of anilines is 2. The van der Waals surface area contributed by atoms with Gasteiger partial charge in [-0.3, -0.25) is 4.98 Å². The van der Waals surface area contributed by atoms with Crippen LogP contribution in [0.3, 0.4) is 0 Å². The molecule has 21 heavy (non-hydrogen) atoms.